The van der Waals surface area contributed by atoms with E-state index in [0.29, 0.717) is 5.39 Å². The Morgan fingerprint density at radius 2 is 2.06 bits per heavy atom. The zero-order valence-electron chi connectivity index (χ0n) is 10.2. The van der Waals surface area contributed by atoms with Crippen LogP contribution in [0.2, 0.25) is 0 Å². The first-order chi connectivity index (χ1) is 7.85. The fourth-order valence-electron chi connectivity index (χ4n) is 1.75. The Labute approximate surface area is 108 Å². The smallest absolute Gasteiger partial charge is 0.258 e. The fourth-order valence-corrected chi connectivity index (χ4v) is 2.11. The maximum absolute atomic E-state index is 11.9. The molecule has 1 aromatic heterocycles. The molecule has 0 atom stereocenters. The van der Waals surface area contributed by atoms with Crippen LogP contribution in [0.5, 0.6) is 0 Å². The van der Waals surface area contributed by atoms with E-state index in [9.17, 15) is 4.79 Å². The summed E-state index contributed by atoms with van der Waals surface area (Å²) in [4.78, 5) is 19.3. The molecule has 0 saturated heterocycles. The summed E-state index contributed by atoms with van der Waals surface area (Å²) in [6, 6.07) is 5.55. The number of hydrogen-bond donors (Lipinski definition) is 1. The Morgan fingerprint density at radius 1 is 1.35 bits per heavy atom. The third kappa shape index (κ3) is 2.94. The van der Waals surface area contributed by atoms with Crippen LogP contribution >= 0.6 is 15.9 Å². The van der Waals surface area contributed by atoms with Gasteiger partial charge in [0, 0.05) is 10.9 Å². The standard InChI is InChI=1S/C13H15BrN2O/c1-13(2,3)7-11-15-10-5-4-8(14)6-9(10)12(17)16-11/h4-6H,7H2,1-3H3,(H,15,16,17). The van der Waals surface area contributed by atoms with Crippen molar-refractivity contribution in [1.82, 2.24) is 9.97 Å². The second-order valence-corrected chi connectivity index (χ2v) is 6.33. The van der Waals surface area contributed by atoms with Crippen LogP contribution in [0.1, 0.15) is 26.6 Å². The van der Waals surface area contributed by atoms with Crippen LogP contribution in [-0.2, 0) is 6.42 Å². The fraction of sp³-hybridized carbons (Fsp3) is 0.385. The molecular weight excluding hydrogens is 280 g/mol. The van der Waals surface area contributed by atoms with Crippen LogP contribution in [0.3, 0.4) is 0 Å². The second kappa shape index (κ2) is 4.26. The molecule has 0 bridgehead atoms. The predicted molar refractivity (Wildman–Crippen MR) is 73.2 cm³/mol. The van der Waals surface area contributed by atoms with Crippen molar-refractivity contribution in [3.8, 4) is 0 Å². The molecule has 0 unspecified atom stereocenters. The van der Waals surface area contributed by atoms with E-state index in [2.05, 4.69) is 46.7 Å². The molecule has 1 heterocycles. The third-order valence-corrected chi connectivity index (χ3v) is 2.91. The highest BCUT2D eigenvalue weighted by Gasteiger charge is 2.14. The molecule has 0 fully saturated rings. The zero-order chi connectivity index (χ0) is 12.6. The molecule has 1 aromatic carbocycles. The van der Waals surface area contributed by atoms with Gasteiger partial charge in [0.05, 0.1) is 10.9 Å². The lowest BCUT2D eigenvalue weighted by atomic mass is 9.92. The van der Waals surface area contributed by atoms with E-state index in [1.54, 1.807) is 6.07 Å². The molecule has 0 aliphatic carbocycles. The average molecular weight is 295 g/mol. The summed E-state index contributed by atoms with van der Waals surface area (Å²) in [5, 5.41) is 0.622. The quantitative estimate of drug-likeness (QED) is 0.877. The van der Waals surface area contributed by atoms with Gasteiger partial charge in [-0.3, -0.25) is 4.79 Å². The van der Waals surface area contributed by atoms with Gasteiger partial charge in [0.25, 0.3) is 5.56 Å². The van der Waals surface area contributed by atoms with E-state index < -0.39 is 0 Å². The van der Waals surface area contributed by atoms with Crippen molar-refractivity contribution < 1.29 is 0 Å². The topological polar surface area (TPSA) is 45.8 Å². The summed E-state index contributed by atoms with van der Waals surface area (Å²) >= 11 is 3.35. The lowest BCUT2D eigenvalue weighted by molar-refractivity contribution is 0.401. The number of benzene rings is 1. The first-order valence-corrected chi connectivity index (χ1v) is 6.33. The minimum Gasteiger partial charge on any atom is -0.310 e. The van der Waals surface area contributed by atoms with Gasteiger partial charge in [0.1, 0.15) is 5.82 Å². The molecule has 0 aliphatic rings. The van der Waals surface area contributed by atoms with Crippen LogP contribution in [0.25, 0.3) is 10.9 Å². The lowest BCUT2D eigenvalue weighted by Crippen LogP contribution is -2.17. The van der Waals surface area contributed by atoms with Crippen molar-refractivity contribution in [2.24, 2.45) is 5.41 Å². The van der Waals surface area contributed by atoms with Crippen LogP contribution in [0, 0.1) is 5.41 Å². The third-order valence-electron chi connectivity index (χ3n) is 2.41. The SMILES string of the molecule is CC(C)(C)Cc1nc2ccc(Br)cc2c(=O)[nH]1. The Morgan fingerprint density at radius 3 is 2.71 bits per heavy atom. The Balaban J connectivity index is 2.57. The van der Waals surface area contributed by atoms with Crippen molar-refractivity contribution >= 4 is 26.8 Å². The van der Waals surface area contributed by atoms with Crippen molar-refractivity contribution in [2.75, 3.05) is 0 Å². The number of nitrogens with one attached hydrogen (secondary N) is 1. The number of halogens is 1. The largest absolute Gasteiger partial charge is 0.310 e. The molecule has 17 heavy (non-hydrogen) atoms. The molecule has 90 valence electrons. The summed E-state index contributed by atoms with van der Waals surface area (Å²) in [6.45, 7) is 6.37. The summed E-state index contributed by atoms with van der Waals surface area (Å²) in [6.07, 6.45) is 0.758. The van der Waals surface area contributed by atoms with Gasteiger partial charge in [-0.25, -0.2) is 4.98 Å². The van der Waals surface area contributed by atoms with Crippen molar-refractivity contribution in [1.29, 1.82) is 0 Å². The summed E-state index contributed by atoms with van der Waals surface area (Å²) in [5.41, 5.74) is 0.783. The van der Waals surface area contributed by atoms with Crippen molar-refractivity contribution in [3.63, 3.8) is 0 Å². The minimum atomic E-state index is -0.0736. The van der Waals surface area contributed by atoms with Gasteiger partial charge >= 0.3 is 0 Å². The van der Waals surface area contributed by atoms with Crippen LogP contribution < -0.4 is 5.56 Å². The average Bonchev–Trinajstić information content (AvgIpc) is 2.17. The first kappa shape index (κ1) is 12.3. The molecule has 0 saturated carbocycles. The number of hydrogen-bond acceptors (Lipinski definition) is 2. The molecule has 1 N–H and O–H groups in total. The highest BCUT2D eigenvalue weighted by atomic mass is 79.9. The van der Waals surface area contributed by atoms with Gasteiger partial charge in [-0.05, 0) is 23.6 Å². The van der Waals surface area contributed by atoms with E-state index in [1.807, 2.05) is 12.1 Å². The Hall–Kier alpha value is -1.16. The Kier molecular flexibility index (Phi) is 3.08. The summed E-state index contributed by atoms with van der Waals surface area (Å²) in [7, 11) is 0. The Bertz CT molecular complexity index is 611. The molecular formula is C13H15BrN2O. The predicted octanol–water partition coefficient (Wildman–Crippen LogP) is 3.27. The molecule has 2 aromatic rings. The van der Waals surface area contributed by atoms with Gasteiger partial charge in [-0.2, -0.15) is 0 Å². The van der Waals surface area contributed by atoms with Crippen LogP contribution in [-0.4, -0.2) is 9.97 Å². The van der Waals surface area contributed by atoms with E-state index >= 15 is 0 Å². The van der Waals surface area contributed by atoms with E-state index in [-0.39, 0.29) is 11.0 Å². The van der Waals surface area contributed by atoms with Crippen LogP contribution in [0.4, 0.5) is 0 Å². The molecule has 0 radical (unpaired) electrons. The zero-order valence-corrected chi connectivity index (χ0v) is 11.8. The monoisotopic (exact) mass is 294 g/mol. The van der Waals surface area contributed by atoms with E-state index in [4.69, 9.17) is 0 Å². The summed E-state index contributed by atoms with van der Waals surface area (Å²) < 4.78 is 0.890. The van der Waals surface area contributed by atoms with Crippen molar-refractivity contribution in [2.45, 2.75) is 27.2 Å². The highest BCUT2D eigenvalue weighted by Crippen LogP contribution is 2.20. The number of aromatic amines is 1. The van der Waals surface area contributed by atoms with E-state index in [1.165, 1.54) is 0 Å². The first-order valence-electron chi connectivity index (χ1n) is 5.54. The van der Waals surface area contributed by atoms with Gasteiger partial charge in [0.15, 0.2) is 0 Å². The molecule has 0 aliphatic heterocycles. The molecule has 2 rings (SSSR count). The number of H-pyrrole nitrogens is 1. The van der Waals surface area contributed by atoms with Gasteiger partial charge in [0.2, 0.25) is 0 Å². The number of nitrogens with zero attached hydrogens (tertiary/aromatic N) is 1. The van der Waals surface area contributed by atoms with Crippen molar-refractivity contribution in [3.05, 3.63) is 38.9 Å². The number of rotatable bonds is 1. The van der Waals surface area contributed by atoms with E-state index in [0.717, 1.165) is 22.2 Å². The minimum absolute atomic E-state index is 0.0736. The van der Waals surface area contributed by atoms with Gasteiger partial charge in [-0.1, -0.05) is 36.7 Å². The second-order valence-electron chi connectivity index (χ2n) is 5.41. The summed E-state index contributed by atoms with van der Waals surface area (Å²) in [5.74, 6) is 0.748. The van der Waals surface area contributed by atoms with Gasteiger partial charge < -0.3 is 4.98 Å². The normalized spacial score (nSPS) is 12.0. The maximum atomic E-state index is 11.9. The highest BCUT2D eigenvalue weighted by molar-refractivity contribution is 9.10. The lowest BCUT2D eigenvalue weighted by Gasteiger charge is -2.17. The molecule has 0 spiro atoms. The van der Waals surface area contributed by atoms with Gasteiger partial charge in [-0.15, -0.1) is 0 Å². The number of fused-ring (bicyclic) bond motifs is 1. The molecule has 3 nitrogen and oxygen atoms in total. The molecule has 0 amide bonds. The number of aromatic nitrogens is 2. The molecule has 4 heteroatoms. The maximum Gasteiger partial charge on any atom is 0.258 e. The van der Waals surface area contributed by atoms with Crippen LogP contribution in [0.15, 0.2) is 27.5 Å².